The number of terminal acetylenes is 2. The summed E-state index contributed by atoms with van der Waals surface area (Å²) in [7, 11) is 0. The Morgan fingerprint density at radius 2 is 1.97 bits per heavy atom. The number of carbonyl (C=O) groups excluding carboxylic acids is 1. The summed E-state index contributed by atoms with van der Waals surface area (Å²) in [4.78, 5) is 14.7. The summed E-state index contributed by atoms with van der Waals surface area (Å²) >= 11 is 0. The molecule has 1 aromatic carbocycles. The van der Waals surface area contributed by atoms with E-state index in [-0.39, 0.29) is 18.5 Å². The molecule has 0 spiro atoms. The lowest BCUT2D eigenvalue weighted by atomic mass is 9.84. The number of hydrogen-bond acceptors (Lipinski definition) is 3. The van der Waals surface area contributed by atoms with Crippen LogP contribution in [0.5, 0.6) is 0 Å². The van der Waals surface area contributed by atoms with Gasteiger partial charge in [-0.15, -0.1) is 12.8 Å². The summed E-state index contributed by atoms with van der Waals surface area (Å²) in [5, 5.41) is 0. The minimum atomic E-state index is -0.595. The van der Waals surface area contributed by atoms with Crippen LogP contribution in [0.15, 0.2) is 54.1 Å². The van der Waals surface area contributed by atoms with Gasteiger partial charge in [0.15, 0.2) is 0 Å². The van der Waals surface area contributed by atoms with Crippen molar-refractivity contribution >= 4 is 6.09 Å². The number of allylic oxidation sites excluding steroid dienone is 3. The fourth-order valence-corrected chi connectivity index (χ4v) is 3.61. The van der Waals surface area contributed by atoms with Crippen LogP contribution in [0.2, 0.25) is 0 Å². The SMILES string of the molecule is C#CCOCCCC1=CCC([C@H](c2ccccc2)N(CC#C)C(=O)OC(C)(C)C)C=C1. The maximum atomic E-state index is 13.0. The maximum Gasteiger partial charge on any atom is 0.411 e. The standard InChI is InChI=1S/C27H33NO3/c1-6-19-28(26(29)31-27(3,4)5)25(23-13-9-8-10-14-23)24-17-15-22(16-18-24)12-11-21-30-20-7-2/h1-2,8-10,13-17,24-25H,11-12,18-21H2,3-5H3/t24?,25-/m0/s1. The topological polar surface area (TPSA) is 38.8 Å². The Hall–Kier alpha value is -2.95. The highest BCUT2D eigenvalue weighted by molar-refractivity contribution is 5.69. The van der Waals surface area contributed by atoms with E-state index in [1.165, 1.54) is 5.57 Å². The summed E-state index contributed by atoms with van der Waals surface area (Å²) in [6, 6.07) is 9.80. The van der Waals surface area contributed by atoms with Crippen LogP contribution in [0.4, 0.5) is 4.79 Å². The van der Waals surface area contributed by atoms with E-state index in [1.54, 1.807) is 4.90 Å². The molecule has 0 bridgehead atoms. The van der Waals surface area contributed by atoms with E-state index in [9.17, 15) is 4.79 Å². The Bertz CT molecular complexity index is 849. The van der Waals surface area contributed by atoms with Crippen LogP contribution < -0.4 is 0 Å². The molecule has 1 amide bonds. The smallest absolute Gasteiger partial charge is 0.411 e. The highest BCUT2D eigenvalue weighted by Gasteiger charge is 2.33. The zero-order valence-electron chi connectivity index (χ0n) is 18.8. The molecule has 0 N–H and O–H groups in total. The van der Waals surface area contributed by atoms with Crippen molar-refractivity contribution in [2.24, 2.45) is 5.92 Å². The van der Waals surface area contributed by atoms with Crippen LogP contribution in [-0.4, -0.2) is 36.4 Å². The maximum absolute atomic E-state index is 13.0. The summed E-state index contributed by atoms with van der Waals surface area (Å²) in [5.74, 6) is 5.21. The molecule has 0 fully saturated rings. The molecule has 1 unspecified atom stereocenters. The third-order valence-corrected chi connectivity index (χ3v) is 4.92. The minimum Gasteiger partial charge on any atom is -0.444 e. The molecule has 0 aromatic heterocycles. The van der Waals surface area contributed by atoms with Gasteiger partial charge in [-0.2, -0.15) is 0 Å². The van der Waals surface area contributed by atoms with Crippen LogP contribution in [-0.2, 0) is 9.47 Å². The van der Waals surface area contributed by atoms with Gasteiger partial charge in [-0.1, -0.05) is 66.0 Å². The first-order valence-corrected chi connectivity index (χ1v) is 10.7. The Morgan fingerprint density at radius 1 is 1.23 bits per heavy atom. The second-order valence-electron chi connectivity index (χ2n) is 8.57. The van der Waals surface area contributed by atoms with Gasteiger partial charge in [-0.25, -0.2) is 4.79 Å². The van der Waals surface area contributed by atoms with Crippen molar-refractivity contribution in [3.8, 4) is 24.7 Å². The van der Waals surface area contributed by atoms with Crippen LogP contribution in [0.25, 0.3) is 0 Å². The highest BCUT2D eigenvalue weighted by Crippen LogP contribution is 2.36. The predicted octanol–water partition coefficient (Wildman–Crippen LogP) is 5.53. The fraction of sp³-hybridized carbons (Fsp3) is 0.444. The average molecular weight is 420 g/mol. The van der Waals surface area contributed by atoms with Gasteiger partial charge in [0.2, 0.25) is 0 Å². The van der Waals surface area contributed by atoms with Gasteiger partial charge >= 0.3 is 6.09 Å². The lowest BCUT2D eigenvalue weighted by Gasteiger charge is -2.37. The van der Waals surface area contributed by atoms with Crippen LogP contribution in [0.3, 0.4) is 0 Å². The Kier molecular flexibility index (Phi) is 9.44. The molecular formula is C27H33NO3. The Morgan fingerprint density at radius 3 is 2.55 bits per heavy atom. The van der Waals surface area contributed by atoms with E-state index in [0.717, 1.165) is 24.8 Å². The number of benzene rings is 1. The molecular weight excluding hydrogens is 386 g/mol. The second-order valence-corrected chi connectivity index (χ2v) is 8.57. The molecule has 0 saturated heterocycles. The van der Waals surface area contributed by atoms with E-state index in [0.29, 0.717) is 13.2 Å². The first kappa shape index (κ1) is 24.3. The molecule has 2 atom stereocenters. The summed E-state index contributed by atoms with van der Waals surface area (Å²) < 4.78 is 11.0. The molecule has 2 rings (SSSR count). The number of carbonyl (C=O) groups is 1. The van der Waals surface area contributed by atoms with Crippen molar-refractivity contribution < 1.29 is 14.3 Å². The molecule has 1 aliphatic rings. The monoisotopic (exact) mass is 419 g/mol. The minimum absolute atomic E-state index is 0.102. The van der Waals surface area contributed by atoms with Crippen molar-refractivity contribution in [3.05, 3.63) is 59.7 Å². The zero-order valence-corrected chi connectivity index (χ0v) is 18.8. The Balaban J connectivity index is 2.18. The van der Waals surface area contributed by atoms with Crippen molar-refractivity contribution in [3.63, 3.8) is 0 Å². The Labute approximate surface area is 187 Å². The summed E-state index contributed by atoms with van der Waals surface area (Å²) in [6.07, 6.45) is 19.7. The summed E-state index contributed by atoms with van der Waals surface area (Å²) in [6.45, 7) is 6.77. The number of amides is 1. The first-order valence-electron chi connectivity index (χ1n) is 10.7. The van der Waals surface area contributed by atoms with Crippen molar-refractivity contribution in [1.29, 1.82) is 0 Å². The molecule has 0 aliphatic heterocycles. The molecule has 1 aliphatic carbocycles. The largest absolute Gasteiger partial charge is 0.444 e. The zero-order chi connectivity index (χ0) is 22.7. The van der Waals surface area contributed by atoms with E-state index < -0.39 is 11.7 Å². The quantitative estimate of drug-likeness (QED) is 0.390. The molecule has 0 heterocycles. The average Bonchev–Trinajstić information content (AvgIpc) is 2.74. The number of rotatable bonds is 9. The lowest BCUT2D eigenvalue weighted by molar-refractivity contribution is 0.0148. The number of nitrogens with zero attached hydrogens (tertiary/aromatic N) is 1. The number of hydrogen-bond donors (Lipinski definition) is 0. The lowest BCUT2D eigenvalue weighted by Crippen LogP contribution is -2.42. The van der Waals surface area contributed by atoms with Crippen LogP contribution in [0, 0.1) is 30.6 Å². The molecule has 0 saturated carbocycles. The highest BCUT2D eigenvalue weighted by atomic mass is 16.6. The van der Waals surface area contributed by atoms with Crippen LogP contribution in [0.1, 0.15) is 51.6 Å². The van der Waals surface area contributed by atoms with Gasteiger partial charge in [0.1, 0.15) is 12.2 Å². The normalized spacial score (nSPS) is 16.5. The molecule has 164 valence electrons. The van der Waals surface area contributed by atoms with Gasteiger partial charge < -0.3 is 9.47 Å². The molecule has 1 aromatic rings. The third kappa shape index (κ3) is 8.00. The molecule has 4 nitrogen and oxygen atoms in total. The van der Waals surface area contributed by atoms with Gasteiger partial charge in [-0.3, -0.25) is 4.90 Å². The van der Waals surface area contributed by atoms with E-state index >= 15 is 0 Å². The second kappa shape index (κ2) is 12.0. The van der Waals surface area contributed by atoms with E-state index in [1.807, 2.05) is 51.1 Å². The number of ether oxygens (including phenoxy) is 2. The predicted molar refractivity (Wildman–Crippen MR) is 125 cm³/mol. The summed E-state index contributed by atoms with van der Waals surface area (Å²) in [5.41, 5.74) is 1.72. The van der Waals surface area contributed by atoms with Gasteiger partial charge in [-0.05, 0) is 45.6 Å². The van der Waals surface area contributed by atoms with E-state index in [2.05, 4.69) is 30.1 Å². The van der Waals surface area contributed by atoms with Gasteiger partial charge in [0, 0.05) is 12.5 Å². The third-order valence-electron chi connectivity index (χ3n) is 4.92. The van der Waals surface area contributed by atoms with Crippen LogP contribution >= 0.6 is 0 Å². The fourth-order valence-electron chi connectivity index (χ4n) is 3.61. The van der Waals surface area contributed by atoms with Gasteiger partial charge in [0.25, 0.3) is 0 Å². The van der Waals surface area contributed by atoms with Crippen molar-refractivity contribution in [2.75, 3.05) is 19.8 Å². The van der Waals surface area contributed by atoms with Gasteiger partial charge in [0.05, 0.1) is 12.6 Å². The first-order chi connectivity index (χ1) is 14.9. The van der Waals surface area contributed by atoms with E-state index in [4.69, 9.17) is 22.3 Å². The molecule has 4 heteroatoms. The molecule has 31 heavy (non-hydrogen) atoms. The van der Waals surface area contributed by atoms with Crippen molar-refractivity contribution in [1.82, 2.24) is 4.90 Å². The van der Waals surface area contributed by atoms with Crippen molar-refractivity contribution in [2.45, 2.75) is 51.7 Å². The molecule has 0 radical (unpaired) electrons.